The number of nitrogen functional groups attached to an aromatic ring is 1. The molecule has 1 aliphatic heterocycles. The summed E-state index contributed by atoms with van der Waals surface area (Å²) in [4.78, 5) is 97.9. The van der Waals surface area contributed by atoms with E-state index in [1.807, 2.05) is 0 Å². The van der Waals surface area contributed by atoms with Crippen LogP contribution < -0.4 is 16.4 Å². The number of thioether (sulfide) groups is 1. The number of carboxylic acids is 1. The third-order valence-corrected chi connectivity index (χ3v) is 11.9. The first kappa shape index (κ1) is 48.5. The molecule has 2 aromatic heterocycles. The van der Waals surface area contributed by atoms with E-state index in [2.05, 4.69) is 47.0 Å². The summed E-state index contributed by atoms with van der Waals surface area (Å²) in [5, 5.41) is 34.3. The molecule has 26 nitrogen and oxygen atoms in total. The van der Waals surface area contributed by atoms with Gasteiger partial charge < -0.3 is 56.0 Å². The van der Waals surface area contributed by atoms with Crippen LogP contribution >= 0.6 is 47.9 Å². The predicted molar refractivity (Wildman–Crippen MR) is 196 cm³/mol. The number of hydrogen-bond acceptors (Lipinski definition) is 20. The quantitative estimate of drug-likeness (QED) is 0.0291. The average molecular weight is 912 g/mol. The number of amides is 2. The molecule has 11 N–H and O–H groups in total. The number of rotatable bonds is 22. The molecular weight excluding hydrogens is 871 g/mol. The Hall–Kier alpha value is -2.88. The van der Waals surface area contributed by atoms with E-state index in [4.69, 9.17) is 24.6 Å². The normalized spacial score (nSPS) is 21.7. The summed E-state index contributed by atoms with van der Waals surface area (Å²) in [7, 11) is -16.5. The van der Waals surface area contributed by atoms with Gasteiger partial charge in [0.25, 0.3) is 0 Å². The number of carboxylic acid groups (broad SMARTS) is 1. The van der Waals surface area contributed by atoms with E-state index in [1.165, 1.54) is 13.8 Å². The minimum Gasteiger partial charge on any atom is -0.481 e. The van der Waals surface area contributed by atoms with Crippen LogP contribution in [-0.2, 0) is 55.5 Å². The molecule has 320 valence electrons. The zero-order valence-corrected chi connectivity index (χ0v) is 34.1. The number of carbonyl (C=O) groups is 4. The second kappa shape index (κ2) is 20.4. The number of imidazole rings is 1. The number of thiol groups is 1. The number of nitrogens with one attached hydrogen (secondary N) is 2. The Morgan fingerprint density at radius 2 is 1.75 bits per heavy atom. The number of phosphoric acid groups is 3. The van der Waals surface area contributed by atoms with Crippen LogP contribution in [0.3, 0.4) is 0 Å². The molecule has 3 heterocycles. The number of carbonyl (C=O) groups excluding carboxylic acids is 3. The number of aliphatic carboxylic acids is 1. The molecule has 1 saturated heterocycles. The number of nitrogens with two attached hydrogens (primary N) is 1. The first-order valence-corrected chi connectivity index (χ1v) is 21.9. The van der Waals surface area contributed by atoms with E-state index in [1.54, 1.807) is 0 Å². The number of anilines is 1. The molecule has 0 aromatic carbocycles. The summed E-state index contributed by atoms with van der Waals surface area (Å²) in [6.07, 6.45) is -6.38. The number of ether oxygens (including phenoxy) is 1. The maximum atomic E-state index is 12.7. The summed E-state index contributed by atoms with van der Waals surface area (Å²) in [6, 6.07) is 0. The molecule has 0 spiro atoms. The van der Waals surface area contributed by atoms with Gasteiger partial charge in [0.2, 0.25) is 16.9 Å². The van der Waals surface area contributed by atoms with Gasteiger partial charge in [-0.15, -0.1) is 12.6 Å². The van der Waals surface area contributed by atoms with Gasteiger partial charge in [-0.05, 0) is 0 Å². The second-order valence-corrected chi connectivity index (χ2v) is 18.2. The van der Waals surface area contributed by atoms with Gasteiger partial charge in [0.1, 0.15) is 36.3 Å². The topological polar surface area (TPSA) is 401 Å². The summed E-state index contributed by atoms with van der Waals surface area (Å²) in [6.45, 7) is 0.147. The second-order valence-electron chi connectivity index (χ2n) is 12.4. The Balaban J connectivity index is 1.48. The molecule has 0 aliphatic carbocycles. The zero-order chi connectivity index (χ0) is 42.9. The standard InChI is InChI=1S/C26H40N7O19P3S2/c1-26(2,20(38)23(39)29-6-5-15(34)28-7-8-57-25(40)14(56)3-4-16(35)36)10-49-55(46,47)52-54(44,45)48-9-13-19(51-53(41,42)43)18(37)24(50-13)33-12-32-17-21(27)30-11-31-22(17)33/h3,11-13,18-20,24,37-38,56H,4-10H2,1-2H3,(H,28,34)(H,29,39)(H,35,36)(H,44,45)(H,46,47)(H2,27,30,31)(H2,41,42,43)/b14-3-/t13-,18-,19-,20+,24-/m1/s1. The van der Waals surface area contributed by atoms with Crippen molar-refractivity contribution in [3.63, 3.8) is 0 Å². The van der Waals surface area contributed by atoms with Crippen LogP contribution in [0.1, 0.15) is 32.9 Å². The summed E-state index contributed by atoms with van der Waals surface area (Å²) in [5.41, 5.74) is 4.19. The molecule has 7 atom stereocenters. The van der Waals surface area contributed by atoms with Gasteiger partial charge >= 0.3 is 29.4 Å². The minimum atomic E-state index is -5.59. The van der Waals surface area contributed by atoms with E-state index in [9.17, 15) is 62.7 Å². The van der Waals surface area contributed by atoms with Crippen molar-refractivity contribution in [3.05, 3.63) is 23.6 Å². The van der Waals surface area contributed by atoms with Crippen molar-refractivity contribution in [2.24, 2.45) is 5.41 Å². The predicted octanol–water partition coefficient (Wildman–Crippen LogP) is -1.05. The maximum Gasteiger partial charge on any atom is 0.481 e. The summed E-state index contributed by atoms with van der Waals surface area (Å²) in [5.74, 6) is -2.62. The van der Waals surface area contributed by atoms with Crippen LogP contribution in [0.25, 0.3) is 11.2 Å². The van der Waals surface area contributed by atoms with Gasteiger partial charge in [-0.1, -0.05) is 31.7 Å². The van der Waals surface area contributed by atoms with Crippen molar-refractivity contribution in [1.29, 1.82) is 0 Å². The lowest BCUT2D eigenvalue weighted by Crippen LogP contribution is -2.46. The van der Waals surface area contributed by atoms with E-state index in [0.717, 1.165) is 35.1 Å². The van der Waals surface area contributed by atoms with Crippen LogP contribution in [0.2, 0.25) is 0 Å². The van der Waals surface area contributed by atoms with Gasteiger partial charge in [0, 0.05) is 30.7 Å². The third-order valence-electron chi connectivity index (χ3n) is 7.41. The van der Waals surface area contributed by atoms with Gasteiger partial charge in [-0.3, -0.25) is 37.3 Å². The minimum absolute atomic E-state index is 0.0175. The first-order chi connectivity index (χ1) is 26.3. The Kier molecular flexibility index (Phi) is 17.3. The van der Waals surface area contributed by atoms with E-state index in [0.29, 0.717) is 0 Å². The van der Waals surface area contributed by atoms with Crippen molar-refractivity contribution < 1.29 is 90.4 Å². The van der Waals surface area contributed by atoms with Gasteiger partial charge in [0.15, 0.2) is 17.7 Å². The van der Waals surface area contributed by atoms with Crippen molar-refractivity contribution in [2.75, 3.05) is 37.8 Å². The number of fused-ring (bicyclic) bond motifs is 1. The van der Waals surface area contributed by atoms with E-state index in [-0.39, 0.29) is 53.6 Å². The van der Waals surface area contributed by atoms with Crippen LogP contribution in [0, 0.1) is 5.41 Å². The highest BCUT2D eigenvalue weighted by Crippen LogP contribution is 2.61. The Labute approximate surface area is 331 Å². The van der Waals surface area contributed by atoms with E-state index < -0.39 is 95.6 Å². The molecule has 0 radical (unpaired) electrons. The highest BCUT2D eigenvalue weighted by molar-refractivity contribution is 8.15. The Bertz CT molecular complexity index is 1970. The van der Waals surface area contributed by atoms with Crippen molar-refractivity contribution in [2.45, 2.75) is 57.3 Å². The number of phosphoric ester groups is 3. The molecular formula is C26H40N7O19P3S2. The molecule has 31 heteroatoms. The van der Waals surface area contributed by atoms with Crippen molar-refractivity contribution >= 4 is 87.7 Å². The SMILES string of the molecule is CC(C)(COP(=O)(O)OP(=O)(O)OC[C@H]1O[C@@H](n2cnc3c(N)ncnc32)[C@H](O)[C@@H]1OP(=O)(O)O)[C@@H](O)C(=O)NCCC(=O)NCCSC(=O)/C(S)=C/CC(=O)O. The van der Waals surface area contributed by atoms with Crippen LogP contribution in [0.4, 0.5) is 5.82 Å². The van der Waals surface area contributed by atoms with Crippen molar-refractivity contribution in [3.8, 4) is 0 Å². The molecule has 0 saturated carbocycles. The number of nitrogens with zero attached hydrogens (tertiary/aromatic N) is 4. The molecule has 2 aromatic rings. The fraction of sp³-hybridized carbons (Fsp3) is 0.577. The van der Waals surface area contributed by atoms with Crippen molar-refractivity contribution in [1.82, 2.24) is 30.2 Å². The van der Waals surface area contributed by atoms with Gasteiger partial charge in [-0.25, -0.2) is 28.6 Å². The molecule has 57 heavy (non-hydrogen) atoms. The van der Waals surface area contributed by atoms with Crippen LogP contribution in [0.15, 0.2) is 23.6 Å². The van der Waals surface area contributed by atoms with E-state index >= 15 is 0 Å². The van der Waals surface area contributed by atoms with Crippen LogP contribution in [-0.4, -0.2) is 134 Å². The van der Waals surface area contributed by atoms with Crippen LogP contribution in [0.5, 0.6) is 0 Å². The first-order valence-electron chi connectivity index (χ1n) is 16.0. The largest absolute Gasteiger partial charge is 0.481 e. The fourth-order valence-electron chi connectivity index (χ4n) is 4.62. The third kappa shape index (κ3) is 15.0. The lowest BCUT2D eigenvalue weighted by atomic mass is 9.87. The molecule has 3 rings (SSSR count). The fourth-order valence-corrected chi connectivity index (χ4v) is 8.35. The number of hydrogen-bond donors (Lipinski definition) is 11. The monoisotopic (exact) mass is 911 g/mol. The van der Waals surface area contributed by atoms with Gasteiger partial charge in [0.05, 0.1) is 30.9 Å². The molecule has 2 amide bonds. The molecule has 1 fully saturated rings. The number of aliphatic hydroxyl groups excluding tert-OH is 2. The number of aliphatic hydroxyl groups is 2. The Morgan fingerprint density at radius 1 is 1.09 bits per heavy atom. The smallest absolute Gasteiger partial charge is 0.481 e. The highest BCUT2D eigenvalue weighted by atomic mass is 32.2. The Morgan fingerprint density at radius 3 is 2.40 bits per heavy atom. The lowest BCUT2D eigenvalue weighted by molar-refractivity contribution is -0.137. The zero-order valence-electron chi connectivity index (χ0n) is 29.7. The highest BCUT2D eigenvalue weighted by Gasteiger charge is 2.50. The maximum absolute atomic E-state index is 12.7. The number of aromatic nitrogens is 4. The molecule has 1 aliphatic rings. The van der Waals surface area contributed by atoms with Gasteiger partial charge in [-0.2, -0.15) is 4.31 Å². The average Bonchev–Trinajstić information content (AvgIpc) is 3.66. The summed E-state index contributed by atoms with van der Waals surface area (Å²) < 4.78 is 62.0. The lowest BCUT2D eigenvalue weighted by Gasteiger charge is -2.30. The molecule has 0 bridgehead atoms. The summed E-state index contributed by atoms with van der Waals surface area (Å²) >= 11 is 4.71. The molecule has 2 unspecified atom stereocenters.